The van der Waals surface area contributed by atoms with E-state index >= 15 is 0 Å². The lowest BCUT2D eigenvalue weighted by molar-refractivity contribution is 0.0697. The topological polar surface area (TPSA) is 49.3 Å². The predicted molar refractivity (Wildman–Crippen MR) is 75.6 cm³/mol. The van der Waals surface area contributed by atoms with Crippen molar-refractivity contribution in [2.45, 2.75) is 12.8 Å². The highest BCUT2D eigenvalue weighted by Gasteiger charge is 2.13. The minimum Gasteiger partial charge on any atom is -0.478 e. The molecule has 0 bridgehead atoms. The molecule has 96 valence electrons. The molecule has 0 atom stereocenters. The van der Waals surface area contributed by atoms with Gasteiger partial charge in [0.05, 0.1) is 5.56 Å². The molecule has 0 radical (unpaired) electrons. The fraction of sp³-hybridized carbons (Fsp3) is 0.188. The maximum absolute atomic E-state index is 11.3. The second kappa shape index (κ2) is 4.76. The Bertz CT molecular complexity index is 634. The van der Waals surface area contributed by atoms with Crippen LogP contribution in [0.15, 0.2) is 42.5 Å². The number of anilines is 1. The first kappa shape index (κ1) is 11.8. The molecular weight excluding hydrogens is 238 g/mol. The van der Waals surface area contributed by atoms with Crippen molar-refractivity contribution >= 4 is 11.7 Å². The Kier molecular flexibility index (Phi) is 2.95. The van der Waals surface area contributed by atoms with Gasteiger partial charge in [0.25, 0.3) is 0 Å². The average Bonchev–Trinajstić information content (AvgIpc) is 2.46. The van der Waals surface area contributed by atoms with E-state index < -0.39 is 5.97 Å². The third kappa shape index (κ3) is 2.19. The minimum absolute atomic E-state index is 0.353. The van der Waals surface area contributed by atoms with Gasteiger partial charge in [0.2, 0.25) is 0 Å². The standard InChI is InChI=1S/C16H15NO2/c18-16(19)14-6-2-1-5-13(14)11-7-8-15-12(10-11)4-3-9-17-15/h1-2,5-8,10,17H,3-4,9H2,(H,18,19). The van der Waals surface area contributed by atoms with Crippen LogP contribution < -0.4 is 5.32 Å². The fourth-order valence-electron chi connectivity index (χ4n) is 2.56. The first-order chi connectivity index (χ1) is 9.25. The Hall–Kier alpha value is -2.29. The summed E-state index contributed by atoms with van der Waals surface area (Å²) in [4.78, 5) is 11.3. The fourth-order valence-corrected chi connectivity index (χ4v) is 2.56. The number of aromatic carboxylic acids is 1. The summed E-state index contributed by atoms with van der Waals surface area (Å²) in [5, 5.41) is 12.6. The summed E-state index contributed by atoms with van der Waals surface area (Å²) in [5.74, 6) is -0.883. The van der Waals surface area contributed by atoms with E-state index in [-0.39, 0.29) is 0 Å². The van der Waals surface area contributed by atoms with Crippen molar-refractivity contribution in [1.82, 2.24) is 0 Å². The summed E-state index contributed by atoms with van der Waals surface area (Å²) < 4.78 is 0. The van der Waals surface area contributed by atoms with Gasteiger partial charge in [-0.15, -0.1) is 0 Å². The van der Waals surface area contributed by atoms with Crippen LogP contribution in [0, 0.1) is 0 Å². The van der Waals surface area contributed by atoms with Crippen molar-refractivity contribution in [3.05, 3.63) is 53.6 Å². The molecule has 0 saturated heterocycles. The summed E-state index contributed by atoms with van der Waals surface area (Å²) in [6.07, 6.45) is 2.17. The number of hydrogen-bond acceptors (Lipinski definition) is 2. The second-order valence-corrected chi connectivity index (χ2v) is 4.75. The van der Waals surface area contributed by atoms with E-state index in [4.69, 9.17) is 0 Å². The Labute approximate surface area is 111 Å². The van der Waals surface area contributed by atoms with Crippen molar-refractivity contribution < 1.29 is 9.90 Å². The van der Waals surface area contributed by atoms with Gasteiger partial charge in [-0.1, -0.05) is 24.3 Å². The molecule has 0 unspecified atom stereocenters. The highest BCUT2D eigenvalue weighted by Crippen LogP contribution is 2.30. The smallest absolute Gasteiger partial charge is 0.336 e. The zero-order chi connectivity index (χ0) is 13.2. The zero-order valence-electron chi connectivity index (χ0n) is 10.5. The molecule has 1 heterocycles. The molecule has 0 saturated carbocycles. The van der Waals surface area contributed by atoms with Crippen molar-refractivity contribution in [2.24, 2.45) is 0 Å². The molecular formula is C16H15NO2. The summed E-state index contributed by atoms with van der Waals surface area (Å²) in [7, 11) is 0. The summed E-state index contributed by atoms with van der Waals surface area (Å²) in [5.41, 5.74) is 4.54. The Morgan fingerprint density at radius 1 is 1.16 bits per heavy atom. The molecule has 3 nitrogen and oxygen atoms in total. The number of benzene rings is 2. The number of nitrogens with one attached hydrogen (secondary N) is 1. The first-order valence-electron chi connectivity index (χ1n) is 6.45. The van der Waals surface area contributed by atoms with Gasteiger partial charge >= 0.3 is 5.97 Å². The van der Waals surface area contributed by atoms with Gasteiger partial charge in [-0.05, 0) is 47.7 Å². The molecule has 2 aromatic rings. The lowest BCUT2D eigenvalue weighted by Crippen LogP contribution is -2.11. The van der Waals surface area contributed by atoms with Crippen LogP contribution in [0.1, 0.15) is 22.3 Å². The number of fused-ring (bicyclic) bond motifs is 1. The average molecular weight is 253 g/mol. The molecule has 0 fully saturated rings. The summed E-state index contributed by atoms with van der Waals surface area (Å²) >= 11 is 0. The van der Waals surface area contributed by atoms with Crippen LogP contribution in [-0.2, 0) is 6.42 Å². The Morgan fingerprint density at radius 2 is 2.00 bits per heavy atom. The molecule has 0 aliphatic carbocycles. The number of aryl methyl sites for hydroxylation is 1. The summed E-state index contributed by atoms with van der Waals surface area (Å²) in [6, 6.07) is 13.3. The van der Waals surface area contributed by atoms with Gasteiger partial charge < -0.3 is 10.4 Å². The third-order valence-corrected chi connectivity index (χ3v) is 3.51. The van der Waals surface area contributed by atoms with E-state index in [1.807, 2.05) is 24.3 Å². The van der Waals surface area contributed by atoms with Crippen LogP contribution in [-0.4, -0.2) is 17.6 Å². The van der Waals surface area contributed by atoms with Crippen LogP contribution in [0.3, 0.4) is 0 Å². The summed E-state index contributed by atoms with van der Waals surface area (Å²) in [6.45, 7) is 1.01. The number of hydrogen-bond donors (Lipinski definition) is 2. The van der Waals surface area contributed by atoms with Gasteiger partial charge in [-0.25, -0.2) is 4.79 Å². The van der Waals surface area contributed by atoms with Crippen LogP contribution in [0.2, 0.25) is 0 Å². The highest BCUT2D eigenvalue weighted by molar-refractivity contribution is 5.96. The molecule has 1 aliphatic heterocycles. The lowest BCUT2D eigenvalue weighted by atomic mass is 9.94. The molecule has 0 amide bonds. The zero-order valence-corrected chi connectivity index (χ0v) is 10.5. The molecule has 0 aromatic heterocycles. The van der Waals surface area contributed by atoms with Gasteiger partial charge in [0, 0.05) is 12.2 Å². The number of carboxylic acids is 1. The largest absolute Gasteiger partial charge is 0.478 e. The Morgan fingerprint density at radius 3 is 2.84 bits per heavy atom. The van der Waals surface area contributed by atoms with Crippen LogP contribution in [0.25, 0.3) is 11.1 Å². The van der Waals surface area contributed by atoms with Crippen molar-refractivity contribution in [2.75, 3.05) is 11.9 Å². The minimum atomic E-state index is -0.883. The van der Waals surface area contributed by atoms with Gasteiger partial charge in [-0.2, -0.15) is 0 Å². The van der Waals surface area contributed by atoms with Gasteiger partial charge in [0.15, 0.2) is 0 Å². The molecule has 0 spiro atoms. The maximum Gasteiger partial charge on any atom is 0.336 e. The number of carbonyl (C=O) groups is 1. The van der Waals surface area contributed by atoms with E-state index in [2.05, 4.69) is 11.4 Å². The molecule has 1 aliphatic rings. The van der Waals surface area contributed by atoms with E-state index in [0.717, 1.165) is 30.5 Å². The molecule has 19 heavy (non-hydrogen) atoms. The quantitative estimate of drug-likeness (QED) is 0.862. The third-order valence-electron chi connectivity index (χ3n) is 3.51. The van der Waals surface area contributed by atoms with Crippen LogP contribution in [0.5, 0.6) is 0 Å². The van der Waals surface area contributed by atoms with Crippen LogP contribution in [0.4, 0.5) is 5.69 Å². The van der Waals surface area contributed by atoms with E-state index in [1.165, 1.54) is 11.3 Å². The van der Waals surface area contributed by atoms with E-state index in [9.17, 15) is 9.90 Å². The van der Waals surface area contributed by atoms with Gasteiger partial charge in [0.1, 0.15) is 0 Å². The maximum atomic E-state index is 11.3. The van der Waals surface area contributed by atoms with Crippen LogP contribution >= 0.6 is 0 Å². The first-order valence-corrected chi connectivity index (χ1v) is 6.45. The van der Waals surface area contributed by atoms with Crippen molar-refractivity contribution in [1.29, 1.82) is 0 Å². The lowest BCUT2D eigenvalue weighted by Gasteiger charge is -2.19. The second-order valence-electron chi connectivity index (χ2n) is 4.75. The normalized spacial score (nSPS) is 13.5. The monoisotopic (exact) mass is 253 g/mol. The Balaban J connectivity index is 2.10. The SMILES string of the molecule is O=C(O)c1ccccc1-c1ccc2c(c1)CCCN2. The predicted octanol–water partition coefficient (Wildman–Crippen LogP) is 3.41. The van der Waals surface area contributed by atoms with Crippen molar-refractivity contribution in [3.8, 4) is 11.1 Å². The molecule has 3 rings (SSSR count). The highest BCUT2D eigenvalue weighted by atomic mass is 16.4. The van der Waals surface area contributed by atoms with Crippen molar-refractivity contribution in [3.63, 3.8) is 0 Å². The van der Waals surface area contributed by atoms with E-state index in [0.29, 0.717) is 5.56 Å². The molecule has 2 aromatic carbocycles. The molecule has 2 N–H and O–H groups in total. The van der Waals surface area contributed by atoms with Gasteiger partial charge in [-0.3, -0.25) is 0 Å². The van der Waals surface area contributed by atoms with E-state index in [1.54, 1.807) is 12.1 Å². The molecule has 3 heteroatoms. The number of carboxylic acid groups (broad SMARTS) is 1. The number of rotatable bonds is 2.